The number of methoxy groups -OCH3 is 1. The summed E-state index contributed by atoms with van der Waals surface area (Å²) >= 11 is 3.39. The zero-order valence-corrected chi connectivity index (χ0v) is 12.5. The zero-order chi connectivity index (χ0) is 14.7. The van der Waals surface area contributed by atoms with E-state index in [0.717, 1.165) is 10.0 Å². The van der Waals surface area contributed by atoms with Crippen molar-refractivity contribution in [2.75, 3.05) is 7.11 Å². The van der Waals surface area contributed by atoms with Crippen molar-refractivity contribution in [2.45, 2.75) is 6.92 Å². The number of nitrogens with one attached hydrogen (secondary N) is 1. The number of H-pyrrole nitrogens is 1. The summed E-state index contributed by atoms with van der Waals surface area (Å²) in [6.07, 6.45) is 1.67. The molecule has 0 saturated carbocycles. The van der Waals surface area contributed by atoms with Gasteiger partial charge in [-0.05, 0) is 33.6 Å². The second-order valence-electron chi connectivity index (χ2n) is 4.00. The van der Waals surface area contributed by atoms with Gasteiger partial charge in [0, 0.05) is 23.2 Å². The van der Waals surface area contributed by atoms with Crippen LogP contribution in [0.5, 0.6) is 5.75 Å². The summed E-state index contributed by atoms with van der Waals surface area (Å²) in [4.78, 5) is 25.4. The number of benzene rings is 1. The molecular weight excluding hydrogens is 326 g/mol. The van der Waals surface area contributed by atoms with E-state index in [9.17, 15) is 9.59 Å². The summed E-state index contributed by atoms with van der Waals surface area (Å²) in [7, 11) is 1.32. The Labute approximate surface area is 124 Å². The Bertz CT molecular complexity index is 646. The molecule has 0 aliphatic rings. The van der Waals surface area contributed by atoms with Crippen LogP contribution < -0.4 is 4.74 Å². The fourth-order valence-corrected chi connectivity index (χ4v) is 2.34. The van der Waals surface area contributed by atoms with Gasteiger partial charge in [-0.3, -0.25) is 4.79 Å². The molecule has 0 radical (unpaired) electrons. The zero-order valence-electron chi connectivity index (χ0n) is 10.9. The van der Waals surface area contributed by atoms with Gasteiger partial charge in [0.2, 0.25) is 0 Å². The fraction of sp³-hybridized carbons (Fsp3) is 0.143. The van der Waals surface area contributed by atoms with Crippen molar-refractivity contribution in [1.82, 2.24) is 4.98 Å². The Hall–Kier alpha value is -2.08. The van der Waals surface area contributed by atoms with Crippen molar-refractivity contribution in [1.29, 1.82) is 0 Å². The summed E-state index contributed by atoms with van der Waals surface area (Å²) < 4.78 is 10.4. The highest BCUT2D eigenvalue weighted by atomic mass is 79.9. The van der Waals surface area contributed by atoms with E-state index in [2.05, 4.69) is 20.9 Å². The average molecular weight is 338 g/mol. The lowest BCUT2D eigenvalue weighted by molar-refractivity contribution is -0.131. The molecule has 0 fully saturated rings. The van der Waals surface area contributed by atoms with Gasteiger partial charge in [-0.15, -0.1) is 0 Å². The van der Waals surface area contributed by atoms with E-state index < -0.39 is 5.97 Å². The maximum atomic E-state index is 11.7. The lowest BCUT2D eigenvalue weighted by Crippen LogP contribution is -2.03. The molecule has 0 unspecified atom stereocenters. The van der Waals surface area contributed by atoms with Gasteiger partial charge in [0.1, 0.15) is 11.4 Å². The number of aromatic amines is 1. The third-order valence-corrected chi connectivity index (χ3v) is 3.25. The largest absolute Gasteiger partial charge is 0.464 e. The van der Waals surface area contributed by atoms with Crippen LogP contribution in [0.1, 0.15) is 17.4 Å². The Morgan fingerprint density at radius 2 is 1.85 bits per heavy atom. The molecule has 0 aliphatic carbocycles. The quantitative estimate of drug-likeness (QED) is 0.690. The minimum atomic E-state index is -0.449. The topological polar surface area (TPSA) is 68.4 Å². The lowest BCUT2D eigenvalue weighted by atomic mass is 10.1. The smallest absolute Gasteiger partial charge is 0.355 e. The minimum absolute atomic E-state index is 0.361. The summed E-state index contributed by atoms with van der Waals surface area (Å²) in [5.74, 6) is -0.377. The SMILES string of the molecule is COC(=O)c1[nH]cc(Br)c1-c1ccc(OC(C)=O)cc1. The number of halogens is 1. The van der Waals surface area contributed by atoms with E-state index in [1.807, 2.05) is 0 Å². The summed E-state index contributed by atoms with van der Waals surface area (Å²) in [5.41, 5.74) is 1.86. The van der Waals surface area contributed by atoms with Crippen LogP contribution >= 0.6 is 15.9 Å². The predicted octanol–water partition coefficient (Wildman–Crippen LogP) is 3.16. The second kappa shape index (κ2) is 5.92. The molecule has 0 aliphatic heterocycles. The van der Waals surface area contributed by atoms with Gasteiger partial charge in [-0.1, -0.05) is 12.1 Å². The Kier molecular flexibility index (Phi) is 4.24. The first-order valence-electron chi connectivity index (χ1n) is 5.77. The van der Waals surface area contributed by atoms with Crippen LogP contribution in [0.15, 0.2) is 34.9 Å². The first-order chi connectivity index (χ1) is 9.52. The van der Waals surface area contributed by atoms with E-state index in [4.69, 9.17) is 9.47 Å². The molecule has 5 nitrogen and oxygen atoms in total. The molecule has 6 heteroatoms. The molecule has 0 bridgehead atoms. The Morgan fingerprint density at radius 1 is 1.20 bits per heavy atom. The molecule has 1 aromatic carbocycles. The van der Waals surface area contributed by atoms with Gasteiger partial charge in [-0.2, -0.15) is 0 Å². The molecule has 2 rings (SSSR count). The first-order valence-corrected chi connectivity index (χ1v) is 6.56. The summed E-state index contributed by atoms with van der Waals surface area (Å²) in [5, 5.41) is 0. The Balaban J connectivity index is 2.39. The fourth-order valence-electron chi connectivity index (χ4n) is 1.80. The van der Waals surface area contributed by atoms with Gasteiger partial charge in [0.25, 0.3) is 0 Å². The number of rotatable bonds is 3. The molecule has 0 spiro atoms. The summed E-state index contributed by atoms with van der Waals surface area (Å²) in [6.45, 7) is 1.34. The van der Waals surface area contributed by atoms with Crippen molar-refractivity contribution < 1.29 is 19.1 Å². The van der Waals surface area contributed by atoms with Crippen LogP contribution in [0.2, 0.25) is 0 Å². The molecule has 104 valence electrons. The third-order valence-electron chi connectivity index (χ3n) is 2.63. The number of ether oxygens (including phenoxy) is 2. The molecule has 1 heterocycles. The highest BCUT2D eigenvalue weighted by Crippen LogP contribution is 2.33. The maximum Gasteiger partial charge on any atom is 0.355 e. The van der Waals surface area contributed by atoms with Gasteiger partial charge in [0.15, 0.2) is 0 Å². The van der Waals surface area contributed by atoms with Crippen LogP contribution in [-0.2, 0) is 9.53 Å². The Morgan fingerprint density at radius 3 is 2.40 bits per heavy atom. The highest BCUT2D eigenvalue weighted by molar-refractivity contribution is 9.10. The van der Waals surface area contributed by atoms with Crippen LogP contribution in [0, 0.1) is 0 Å². The van der Waals surface area contributed by atoms with Gasteiger partial charge >= 0.3 is 11.9 Å². The van der Waals surface area contributed by atoms with E-state index in [1.165, 1.54) is 14.0 Å². The monoisotopic (exact) mass is 337 g/mol. The normalized spacial score (nSPS) is 10.2. The second-order valence-corrected chi connectivity index (χ2v) is 4.85. The summed E-state index contributed by atoms with van der Waals surface area (Å²) in [6, 6.07) is 6.85. The van der Waals surface area contributed by atoms with Crippen molar-refractivity contribution in [3.8, 4) is 16.9 Å². The maximum absolute atomic E-state index is 11.7. The minimum Gasteiger partial charge on any atom is -0.464 e. The van der Waals surface area contributed by atoms with Crippen molar-refractivity contribution in [2.24, 2.45) is 0 Å². The number of esters is 2. The van der Waals surface area contributed by atoms with E-state index in [0.29, 0.717) is 17.0 Å². The van der Waals surface area contributed by atoms with E-state index in [-0.39, 0.29) is 5.97 Å². The number of carbonyl (C=O) groups excluding carboxylic acids is 2. The molecule has 0 saturated heterocycles. The number of carbonyl (C=O) groups is 2. The van der Waals surface area contributed by atoms with Gasteiger partial charge < -0.3 is 14.5 Å². The van der Waals surface area contributed by atoms with Crippen molar-refractivity contribution in [3.63, 3.8) is 0 Å². The van der Waals surface area contributed by atoms with E-state index >= 15 is 0 Å². The number of hydrogen-bond acceptors (Lipinski definition) is 4. The van der Waals surface area contributed by atoms with Gasteiger partial charge in [-0.25, -0.2) is 4.79 Å². The first kappa shape index (κ1) is 14.3. The van der Waals surface area contributed by atoms with Crippen molar-refractivity contribution >= 4 is 27.9 Å². The van der Waals surface area contributed by atoms with E-state index in [1.54, 1.807) is 30.5 Å². The molecule has 1 N–H and O–H groups in total. The predicted molar refractivity (Wildman–Crippen MR) is 76.6 cm³/mol. The highest BCUT2D eigenvalue weighted by Gasteiger charge is 2.18. The molecule has 0 amide bonds. The van der Waals surface area contributed by atoms with Crippen LogP contribution in [-0.4, -0.2) is 24.0 Å². The molecular formula is C14H12BrNO4. The molecule has 2 aromatic rings. The third kappa shape index (κ3) is 2.91. The number of hydrogen-bond donors (Lipinski definition) is 1. The lowest BCUT2D eigenvalue weighted by Gasteiger charge is -2.06. The number of aromatic nitrogens is 1. The van der Waals surface area contributed by atoms with Crippen molar-refractivity contribution in [3.05, 3.63) is 40.6 Å². The average Bonchev–Trinajstić information content (AvgIpc) is 2.80. The van der Waals surface area contributed by atoms with Crippen LogP contribution in [0.25, 0.3) is 11.1 Å². The molecule has 1 aromatic heterocycles. The standard InChI is InChI=1S/C14H12BrNO4/c1-8(17)20-10-5-3-9(4-6-10)12-11(15)7-16-13(12)14(18)19-2/h3-7,16H,1-2H3. The molecule has 0 atom stereocenters. The van der Waals surface area contributed by atoms with Crippen LogP contribution in [0.3, 0.4) is 0 Å². The van der Waals surface area contributed by atoms with Crippen LogP contribution in [0.4, 0.5) is 0 Å². The van der Waals surface area contributed by atoms with Gasteiger partial charge in [0.05, 0.1) is 7.11 Å². The molecule has 20 heavy (non-hydrogen) atoms.